The molecule has 0 aliphatic heterocycles. The predicted molar refractivity (Wildman–Crippen MR) is 79.5 cm³/mol. The van der Waals surface area contributed by atoms with Crippen LogP contribution < -0.4 is 10.1 Å². The van der Waals surface area contributed by atoms with E-state index >= 15 is 0 Å². The number of hydrogen-bond donors (Lipinski definition) is 1. The van der Waals surface area contributed by atoms with Gasteiger partial charge in [-0.1, -0.05) is 11.6 Å². The van der Waals surface area contributed by atoms with Gasteiger partial charge in [0.05, 0.1) is 25.8 Å². The van der Waals surface area contributed by atoms with Gasteiger partial charge in [-0.05, 0) is 32.0 Å². The Hall–Kier alpha value is -2.01. The van der Waals surface area contributed by atoms with E-state index in [4.69, 9.17) is 20.8 Å². The molecule has 112 valence electrons. The van der Waals surface area contributed by atoms with Crippen molar-refractivity contribution < 1.29 is 13.9 Å². The number of aromatic nitrogens is 1. The third-order valence-electron chi connectivity index (χ3n) is 3.10. The second-order valence-electron chi connectivity index (χ2n) is 4.66. The molecule has 1 heterocycles. The third-order valence-corrected chi connectivity index (χ3v) is 3.34. The number of hydrogen-bond acceptors (Lipinski definition) is 4. The highest BCUT2D eigenvalue weighted by atomic mass is 35.5. The van der Waals surface area contributed by atoms with Crippen LogP contribution in [0, 0.1) is 13.8 Å². The number of aryl methyl sites for hydroxylation is 2. The molecule has 21 heavy (non-hydrogen) atoms. The van der Waals surface area contributed by atoms with Gasteiger partial charge in [-0.25, -0.2) is 4.98 Å². The second kappa shape index (κ2) is 6.63. The molecular formula is C15H17ClN2O3. The quantitative estimate of drug-likeness (QED) is 0.922. The number of carbonyl (C=O) groups excluding carboxylic acids is 1. The first-order valence-corrected chi connectivity index (χ1v) is 6.89. The lowest BCUT2D eigenvalue weighted by atomic mass is 10.1. The van der Waals surface area contributed by atoms with Gasteiger partial charge in [0, 0.05) is 10.6 Å². The topological polar surface area (TPSA) is 64.4 Å². The first kappa shape index (κ1) is 15.4. The standard InChI is InChI=1S/C15H17ClN2O3/c1-9-10(2)21-15(18-9)8-17-14(19)7-11-6-12(16)4-5-13(11)20-3/h4-6H,7-8H2,1-3H3,(H,17,19). The minimum absolute atomic E-state index is 0.149. The molecule has 0 bridgehead atoms. The van der Waals surface area contributed by atoms with E-state index in [9.17, 15) is 4.79 Å². The van der Waals surface area contributed by atoms with Crippen LogP contribution in [0.4, 0.5) is 0 Å². The molecule has 2 rings (SSSR count). The average Bonchev–Trinajstić information content (AvgIpc) is 2.76. The number of nitrogens with zero attached hydrogens (tertiary/aromatic N) is 1. The summed E-state index contributed by atoms with van der Waals surface area (Å²) in [6.07, 6.45) is 0.183. The first-order chi connectivity index (χ1) is 9.99. The highest BCUT2D eigenvalue weighted by Crippen LogP contribution is 2.23. The fourth-order valence-electron chi connectivity index (χ4n) is 1.91. The molecular weight excluding hydrogens is 292 g/mol. The molecule has 6 heteroatoms. The summed E-state index contributed by atoms with van der Waals surface area (Å²) in [5, 5.41) is 3.33. The van der Waals surface area contributed by atoms with E-state index in [1.165, 1.54) is 0 Å². The van der Waals surface area contributed by atoms with Crippen molar-refractivity contribution in [2.75, 3.05) is 7.11 Å². The molecule has 1 aromatic carbocycles. The number of amides is 1. The average molecular weight is 309 g/mol. The fourth-order valence-corrected chi connectivity index (χ4v) is 2.10. The molecule has 0 atom stereocenters. The van der Waals surface area contributed by atoms with Gasteiger partial charge in [0.2, 0.25) is 11.8 Å². The molecule has 0 saturated heterocycles. The van der Waals surface area contributed by atoms with Gasteiger partial charge in [-0.3, -0.25) is 4.79 Å². The normalized spacial score (nSPS) is 10.5. The van der Waals surface area contributed by atoms with E-state index in [2.05, 4.69) is 10.3 Å². The van der Waals surface area contributed by atoms with Crippen LogP contribution >= 0.6 is 11.6 Å². The molecule has 0 spiro atoms. The van der Waals surface area contributed by atoms with E-state index in [0.717, 1.165) is 17.0 Å². The summed E-state index contributed by atoms with van der Waals surface area (Å²) in [7, 11) is 1.56. The molecule has 5 nitrogen and oxygen atoms in total. The Morgan fingerprint density at radius 1 is 1.43 bits per heavy atom. The summed E-state index contributed by atoms with van der Waals surface area (Å²) >= 11 is 5.94. The Labute approximate surface area is 128 Å². The van der Waals surface area contributed by atoms with E-state index in [1.807, 2.05) is 13.8 Å². The SMILES string of the molecule is COc1ccc(Cl)cc1CC(=O)NCc1nc(C)c(C)o1. The minimum Gasteiger partial charge on any atom is -0.496 e. The van der Waals surface area contributed by atoms with Gasteiger partial charge in [-0.2, -0.15) is 0 Å². The van der Waals surface area contributed by atoms with Crippen molar-refractivity contribution in [3.05, 3.63) is 46.1 Å². The van der Waals surface area contributed by atoms with Gasteiger partial charge < -0.3 is 14.5 Å². The lowest BCUT2D eigenvalue weighted by molar-refractivity contribution is -0.120. The lowest BCUT2D eigenvalue weighted by Crippen LogP contribution is -2.24. The van der Waals surface area contributed by atoms with E-state index < -0.39 is 0 Å². The molecule has 0 aliphatic rings. The summed E-state index contributed by atoms with van der Waals surface area (Å²) in [4.78, 5) is 16.2. The number of ether oxygens (including phenoxy) is 1. The summed E-state index contributed by atoms with van der Waals surface area (Å²) in [6.45, 7) is 3.96. The van der Waals surface area contributed by atoms with Crippen molar-refractivity contribution >= 4 is 17.5 Å². The molecule has 1 N–H and O–H groups in total. The van der Waals surface area contributed by atoms with E-state index in [-0.39, 0.29) is 18.9 Å². The molecule has 0 radical (unpaired) electrons. The zero-order valence-corrected chi connectivity index (χ0v) is 13.0. The summed E-state index contributed by atoms with van der Waals surface area (Å²) < 4.78 is 10.6. The Morgan fingerprint density at radius 2 is 2.19 bits per heavy atom. The van der Waals surface area contributed by atoms with Crippen LogP contribution in [0.5, 0.6) is 5.75 Å². The Kier molecular flexibility index (Phi) is 4.85. The van der Waals surface area contributed by atoms with Crippen LogP contribution in [0.1, 0.15) is 22.9 Å². The molecule has 2 aromatic rings. The Balaban J connectivity index is 1.97. The van der Waals surface area contributed by atoms with E-state index in [1.54, 1.807) is 25.3 Å². The zero-order chi connectivity index (χ0) is 15.4. The Morgan fingerprint density at radius 3 is 2.81 bits per heavy atom. The summed E-state index contributed by atoms with van der Waals surface area (Å²) in [5.41, 5.74) is 1.57. The molecule has 0 saturated carbocycles. The maximum Gasteiger partial charge on any atom is 0.224 e. The maximum absolute atomic E-state index is 12.0. The fraction of sp³-hybridized carbons (Fsp3) is 0.333. The first-order valence-electron chi connectivity index (χ1n) is 6.51. The minimum atomic E-state index is -0.149. The number of halogens is 1. The molecule has 1 aromatic heterocycles. The summed E-state index contributed by atoms with van der Waals surface area (Å²) in [5.74, 6) is 1.74. The Bertz CT molecular complexity index is 633. The largest absolute Gasteiger partial charge is 0.496 e. The lowest BCUT2D eigenvalue weighted by Gasteiger charge is -2.08. The maximum atomic E-state index is 12.0. The highest BCUT2D eigenvalue weighted by Gasteiger charge is 2.11. The highest BCUT2D eigenvalue weighted by molar-refractivity contribution is 6.30. The number of rotatable bonds is 5. The smallest absolute Gasteiger partial charge is 0.224 e. The predicted octanol–water partition coefficient (Wildman–Crippen LogP) is 2.81. The van der Waals surface area contributed by atoms with Gasteiger partial charge in [0.25, 0.3) is 0 Å². The van der Waals surface area contributed by atoms with Crippen molar-refractivity contribution in [1.29, 1.82) is 0 Å². The van der Waals surface area contributed by atoms with Gasteiger partial charge in [0.15, 0.2) is 0 Å². The van der Waals surface area contributed by atoms with Crippen molar-refractivity contribution in [2.45, 2.75) is 26.8 Å². The van der Waals surface area contributed by atoms with Crippen molar-refractivity contribution in [3.63, 3.8) is 0 Å². The van der Waals surface area contributed by atoms with Crippen LogP contribution in [0.3, 0.4) is 0 Å². The van der Waals surface area contributed by atoms with Crippen LogP contribution in [0.25, 0.3) is 0 Å². The summed E-state index contributed by atoms with van der Waals surface area (Å²) in [6, 6.07) is 5.19. The number of nitrogens with one attached hydrogen (secondary N) is 1. The van der Waals surface area contributed by atoms with E-state index in [0.29, 0.717) is 16.7 Å². The monoisotopic (exact) mass is 308 g/mol. The number of methoxy groups -OCH3 is 1. The third kappa shape index (κ3) is 3.98. The number of oxazole rings is 1. The van der Waals surface area contributed by atoms with Crippen molar-refractivity contribution in [3.8, 4) is 5.75 Å². The van der Waals surface area contributed by atoms with Crippen molar-refractivity contribution in [2.24, 2.45) is 0 Å². The van der Waals surface area contributed by atoms with Gasteiger partial charge in [-0.15, -0.1) is 0 Å². The molecule has 1 amide bonds. The number of carbonyl (C=O) groups is 1. The van der Waals surface area contributed by atoms with Crippen LogP contribution in [-0.2, 0) is 17.8 Å². The van der Waals surface area contributed by atoms with Gasteiger partial charge in [0.1, 0.15) is 11.5 Å². The zero-order valence-electron chi connectivity index (χ0n) is 12.2. The van der Waals surface area contributed by atoms with Crippen LogP contribution in [0.2, 0.25) is 5.02 Å². The van der Waals surface area contributed by atoms with Gasteiger partial charge >= 0.3 is 0 Å². The second-order valence-corrected chi connectivity index (χ2v) is 5.10. The van der Waals surface area contributed by atoms with Crippen LogP contribution in [0.15, 0.2) is 22.6 Å². The van der Waals surface area contributed by atoms with Crippen molar-refractivity contribution in [1.82, 2.24) is 10.3 Å². The molecule has 0 fully saturated rings. The van der Waals surface area contributed by atoms with Crippen LogP contribution in [-0.4, -0.2) is 18.0 Å². The molecule has 0 unspecified atom stereocenters. The molecule has 0 aliphatic carbocycles. The number of benzene rings is 1.